The maximum Gasteiger partial charge on any atom is 0.408 e. The van der Waals surface area contributed by atoms with Crippen LogP contribution in [0.4, 0.5) is 4.79 Å². The Labute approximate surface area is 210 Å². The van der Waals surface area contributed by atoms with E-state index >= 15 is 0 Å². The van der Waals surface area contributed by atoms with Gasteiger partial charge in [-0.15, -0.1) is 0 Å². The molecule has 2 atom stereocenters. The topological polar surface area (TPSA) is 128 Å². The molecule has 0 aromatic heterocycles. The average molecular weight is 504 g/mol. The summed E-state index contributed by atoms with van der Waals surface area (Å²) in [6.07, 6.45) is -0.809. The third-order valence-corrected chi connectivity index (χ3v) is 5.22. The molecule has 35 heavy (non-hydrogen) atoms. The van der Waals surface area contributed by atoms with Crippen LogP contribution >= 0.6 is 12.6 Å². The predicted octanol–water partition coefficient (Wildman–Crippen LogP) is 2.39. The Kier molecular flexibility index (Phi) is 10.4. The molecule has 0 fully saturated rings. The standard InChI is InChI=1S/C25H33N3O6S/c1-25(2,3)34-24(33)27-20(16-35)23(32)28(12-13-29)21(18-10-7-11-19(30)14-18)22(31)26-15-17-8-5-4-6-9-17/h4-11,14,20-21,29-30,35H,12-13,15-16H2,1-3H3,(H,26,31)(H,27,33). The van der Waals surface area contributed by atoms with Gasteiger partial charge in [-0.05, 0) is 44.0 Å². The number of hydrogen-bond acceptors (Lipinski definition) is 7. The van der Waals surface area contributed by atoms with Crippen molar-refractivity contribution in [2.45, 2.75) is 45.0 Å². The van der Waals surface area contributed by atoms with E-state index in [-0.39, 0.29) is 24.6 Å². The minimum Gasteiger partial charge on any atom is -0.508 e. The fourth-order valence-electron chi connectivity index (χ4n) is 3.36. The largest absolute Gasteiger partial charge is 0.508 e. The SMILES string of the molecule is CC(C)(C)OC(=O)NC(CS)C(=O)N(CCO)C(C(=O)NCc1ccccc1)c1cccc(O)c1. The molecule has 0 saturated heterocycles. The summed E-state index contributed by atoms with van der Waals surface area (Å²) in [6.45, 7) is 4.66. The highest BCUT2D eigenvalue weighted by Gasteiger charge is 2.35. The number of carbonyl (C=O) groups excluding carboxylic acids is 3. The summed E-state index contributed by atoms with van der Waals surface area (Å²) in [4.78, 5) is 40.3. The van der Waals surface area contributed by atoms with E-state index in [2.05, 4.69) is 23.3 Å². The number of aromatic hydroxyl groups is 1. The van der Waals surface area contributed by atoms with Gasteiger partial charge in [0.05, 0.1) is 6.61 Å². The first-order valence-electron chi connectivity index (χ1n) is 11.2. The van der Waals surface area contributed by atoms with Gasteiger partial charge in [0.15, 0.2) is 0 Å². The van der Waals surface area contributed by atoms with Gasteiger partial charge in [-0.1, -0.05) is 42.5 Å². The zero-order valence-corrected chi connectivity index (χ0v) is 21.0. The van der Waals surface area contributed by atoms with Crippen molar-refractivity contribution in [3.05, 3.63) is 65.7 Å². The van der Waals surface area contributed by atoms with Crippen molar-refractivity contribution >= 4 is 30.5 Å². The van der Waals surface area contributed by atoms with Crippen LogP contribution in [-0.4, -0.2) is 63.6 Å². The molecule has 0 saturated carbocycles. The van der Waals surface area contributed by atoms with Gasteiger partial charge in [0.2, 0.25) is 11.8 Å². The molecule has 4 N–H and O–H groups in total. The zero-order valence-electron chi connectivity index (χ0n) is 20.1. The highest BCUT2D eigenvalue weighted by molar-refractivity contribution is 7.80. The van der Waals surface area contributed by atoms with Crippen LogP contribution in [0.2, 0.25) is 0 Å². The first-order chi connectivity index (χ1) is 16.6. The Morgan fingerprint density at radius 1 is 1.09 bits per heavy atom. The summed E-state index contributed by atoms with van der Waals surface area (Å²) in [6, 6.07) is 12.9. The molecule has 0 spiro atoms. The van der Waals surface area contributed by atoms with Crippen LogP contribution in [0.15, 0.2) is 54.6 Å². The number of aliphatic hydroxyl groups is 1. The molecule has 0 aliphatic carbocycles. The molecule has 190 valence electrons. The molecule has 0 heterocycles. The molecule has 9 nitrogen and oxygen atoms in total. The van der Waals surface area contributed by atoms with E-state index in [4.69, 9.17) is 4.74 Å². The molecule has 0 aliphatic heterocycles. The molecule has 2 unspecified atom stereocenters. The van der Waals surface area contributed by atoms with E-state index in [1.807, 2.05) is 30.3 Å². The van der Waals surface area contributed by atoms with Crippen molar-refractivity contribution in [3.8, 4) is 5.75 Å². The third kappa shape index (κ3) is 8.80. The van der Waals surface area contributed by atoms with E-state index in [1.54, 1.807) is 32.9 Å². The number of ether oxygens (including phenoxy) is 1. The fourth-order valence-corrected chi connectivity index (χ4v) is 3.61. The Morgan fingerprint density at radius 2 is 1.77 bits per heavy atom. The van der Waals surface area contributed by atoms with Crippen molar-refractivity contribution in [3.63, 3.8) is 0 Å². The third-order valence-electron chi connectivity index (χ3n) is 4.85. The van der Waals surface area contributed by atoms with Gasteiger partial charge in [-0.25, -0.2) is 4.79 Å². The summed E-state index contributed by atoms with van der Waals surface area (Å²) in [7, 11) is 0. The maximum absolute atomic E-state index is 13.5. The number of aliphatic hydroxyl groups excluding tert-OH is 1. The fraction of sp³-hybridized carbons (Fsp3) is 0.400. The lowest BCUT2D eigenvalue weighted by molar-refractivity contribution is -0.142. The lowest BCUT2D eigenvalue weighted by Gasteiger charge is -2.33. The number of nitrogens with zero attached hydrogens (tertiary/aromatic N) is 1. The van der Waals surface area contributed by atoms with E-state index in [1.165, 1.54) is 12.1 Å². The second-order valence-corrected chi connectivity index (χ2v) is 9.20. The zero-order chi connectivity index (χ0) is 26.0. The average Bonchev–Trinajstić information content (AvgIpc) is 2.80. The summed E-state index contributed by atoms with van der Waals surface area (Å²) >= 11 is 4.20. The van der Waals surface area contributed by atoms with Gasteiger partial charge in [0.25, 0.3) is 0 Å². The number of benzene rings is 2. The number of rotatable bonds is 10. The normalized spacial score (nSPS) is 12.8. The summed E-state index contributed by atoms with van der Waals surface area (Å²) in [5.41, 5.74) is 0.420. The molecule has 10 heteroatoms. The van der Waals surface area contributed by atoms with Crippen LogP contribution < -0.4 is 10.6 Å². The van der Waals surface area contributed by atoms with E-state index in [0.29, 0.717) is 5.56 Å². The van der Waals surface area contributed by atoms with Crippen molar-refractivity contribution in [2.24, 2.45) is 0 Å². The van der Waals surface area contributed by atoms with E-state index in [0.717, 1.165) is 10.5 Å². The quantitative estimate of drug-likeness (QED) is 0.317. The van der Waals surface area contributed by atoms with Crippen LogP contribution in [0.3, 0.4) is 0 Å². The number of amides is 3. The van der Waals surface area contributed by atoms with Crippen LogP contribution in [0.25, 0.3) is 0 Å². The monoisotopic (exact) mass is 503 g/mol. The number of alkyl carbamates (subject to hydrolysis) is 1. The van der Waals surface area contributed by atoms with Crippen molar-refractivity contribution < 1.29 is 29.3 Å². The van der Waals surface area contributed by atoms with Gasteiger partial charge in [0.1, 0.15) is 23.4 Å². The Balaban J connectivity index is 2.35. The van der Waals surface area contributed by atoms with Gasteiger partial charge in [-0.3, -0.25) is 9.59 Å². The molecule has 0 radical (unpaired) electrons. The molecule has 2 aromatic carbocycles. The number of thiol groups is 1. The molecule has 0 aliphatic rings. The smallest absolute Gasteiger partial charge is 0.408 e. The number of carbonyl (C=O) groups is 3. The van der Waals surface area contributed by atoms with Crippen molar-refractivity contribution in [1.29, 1.82) is 0 Å². The predicted molar refractivity (Wildman–Crippen MR) is 135 cm³/mol. The molecule has 0 bridgehead atoms. The van der Waals surface area contributed by atoms with Gasteiger partial charge >= 0.3 is 6.09 Å². The number of nitrogens with one attached hydrogen (secondary N) is 2. The number of hydrogen-bond donors (Lipinski definition) is 5. The second kappa shape index (κ2) is 13.0. The molecule has 2 aromatic rings. The van der Waals surface area contributed by atoms with E-state index in [9.17, 15) is 24.6 Å². The summed E-state index contributed by atoms with van der Waals surface area (Å²) < 4.78 is 5.24. The number of phenols is 1. The minimum atomic E-state index is -1.19. The van der Waals surface area contributed by atoms with Gasteiger partial charge in [0, 0.05) is 18.8 Å². The Hall–Kier alpha value is -3.24. The first kappa shape index (κ1) is 28.0. The molecule has 3 amide bonds. The van der Waals surface area contributed by atoms with Crippen LogP contribution in [0, 0.1) is 0 Å². The molecular weight excluding hydrogens is 470 g/mol. The minimum absolute atomic E-state index is 0.0710. The first-order valence-corrected chi connectivity index (χ1v) is 11.8. The lowest BCUT2D eigenvalue weighted by Crippen LogP contribution is -2.54. The summed E-state index contributed by atoms with van der Waals surface area (Å²) in [5.74, 6) is -1.31. The Morgan fingerprint density at radius 3 is 2.34 bits per heavy atom. The van der Waals surface area contributed by atoms with Crippen molar-refractivity contribution in [2.75, 3.05) is 18.9 Å². The van der Waals surface area contributed by atoms with Crippen LogP contribution in [0.5, 0.6) is 5.75 Å². The van der Waals surface area contributed by atoms with Crippen LogP contribution in [0.1, 0.15) is 37.9 Å². The highest BCUT2D eigenvalue weighted by atomic mass is 32.1. The highest BCUT2D eigenvalue weighted by Crippen LogP contribution is 2.25. The van der Waals surface area contributed by atoms with Crippen LogP contribution in [-0.2, 0) is 20.9 Å². The van der Waals surface area contributed by atoms with Crippen molar-refractivity contribution in [1.82, 2.24) is 15.5 Å². The van der Waals surface area contributed by atoms with Gasteiger partial charge in [-0.2, -0.15) is 12.6 Å². The molecular formula is C25H33N3O6S. The maximum atomic E-state index is 13.5. The number of phenolic OH excluding ortho intramolecular Hbond substituents is 1. The summed E-state index contributed by atoms with van der Waals surface area (Å²) in [5, 5.41) is 25.0. The Bertz CT molecular complexity index is 996. The second-order valence-electron chi connectivity index (χ2n) is 8.84. The van der Waals surface area contributed by atoms with Gasteiger partial charge < -0.3 is 30.5 Å². The molecule has 2 rings (SSSR count). The lowest BCUT2D eigenvalue weighted by atomic mass is 10.0. The van der Waals surface area contributed by atoms with E-state index < -0.39 is 42.2 Å².